The topological polar surface area (TPSA) is 145 Å². The Morgan fingerprint density at radius 1 is 0.756 bits per heavy atom. The third-order valence-corrected chi connectivity index (χ3v) is 7.82. The van der Waals surface area contributed by atoms with E-state index in [9.17, 15) is 28.8 Å². The molecule has 2 amide bonds. The van der Waals surface area contributed by atoms with Crippen molar-refractivity contribution in [3.8, 4) is 0 Å². The maximum atomic E-state index is 13.5. The molecule has 238 valence electrons. The largest absolute Gasteiger partial charge is 0.467 e. The van der Waals surface area contributed by atoms with Gasteiger partial charge in [0.2, 0.25) is 11.8 Å². The number of rotatable bonds is 13. The Kier molecular flexibility index (Phi) is 11.7. The third kappa shape index (κ3) is 9.07. The Morgan fingerprint density at radius 3 is 1.89 bits per heavy atom. The minimum Gasteiger partial charge on any atom is -0.467 e. The lowest BCUT2D eigenvalue weighted by Crippen LogP contribution is -2.53. The Balaban J connectivity index is 1.81. The van der Waals surface area contributed by atoms with Gasteiger partial charge in [-0.2, -0.15) is 0 Å². The number of carbonyl (C=O) groups is 6. The Hall–Kier alpha value is -4.86. The molecule has 0 radical (unpaired) electrons. The fraction of sp³-hybridized carbons (Fsp3) is 0.371. The van der Waals surface area contributed by atoms with Gasteiger partial charge in [-0.3, -0.25) is 24.0 Å². The van der Waals surface area contributed by atoms with Crippen LogP contribution in [0.2, 0.25) is 0 Å². The van der Waals surface area contributed by atoms with E-state index in [-0.39, 0.29) is 42.2 Å². The molecule has 0 saturated heterocycles. The minimum absolute atomic E-state index is 0.0381. The summed E-state index contributed by atoms with van der Waals surface area (Å²) in [6, 6.07) is 15.4. The fourth-order valence-electron chi connectivity index (χ4n) is 5.27. The second-order valence-electron chi connectivity index (χ2n) is 11.7. The molecule has 0 unspecified atom stereocenters. The summed E-state index contributed by atoms with van der Waals surface area (Å²) in [4.78, 5) is 78.4. The van der Waals surface area contributed by atoms with Crippen LogP contribution in [-0.4, -0.2) is 54.5 Å². The van der Waals surface area contributed by atoms with Crippen molar-refractivity contribution in [1.82, 2.24) is 10.6 Å². The molecule has 0 heterocycles. The van der Waals surface area contributed by atoms with E-state index in [1.807, 2.05) is 12.1 Å². The standard InChI is InChI=1S/C35H40N2O8/c1-21-22(2)32(41)30(23(3)31(21)40)35(4,5)19-28(38)36-26(18-29(39)45-20-25-15-11-8-12-16-25)33(42)37-27(34(43)44-6)17-24-13-9-7-10-14-24/h7-16,26-27H,17-20H2,1-6H3,(H,36,38)(H,37,42)/t26-,27-/m0/s1. The van der Waals surface area contributed by atoms with Gasteiger partial charge in [-0.05, 0) is 31.9 Å². The molecule has 10 heteroatoms. The van der Waals surface area contributed by atoms with E-state index in [1.165, 1.54) is 7.11 Å². The van der Waals surface area contributed by atoms with Crippen LogP contribution >= 0.6 is 0 Å². The van der Waals surface area contributed by atoms with Gasteiger partial charge in [0, 0.05) is 40.5 Å². The maximum absolute atomic E-state index is 13.5. The van der Waals surface area contributed by atoms with Crippen LogP contribution in [0.3, 0.4) is 0 Å². The van der Waals surface area contributed by atoms with Crippen LogP contribution in [0.25, 0.3) is 0 Å². The first kappa shape index (κ1) is 34.6. The van der Waals surface area contributed by atoms with Crippen LogP contribution in [0.1, 0.15) is 58.6 Å². The third-order valence-electron chi connectivity index (χ3n) is 7.82. The quantitative estimate of drug-likeness (QED) is 0.256. The summed E-state index contributed by atoms with van der Waals surface area (Å²) in [7, 11) is 1.20. The summed E-state index contributed by atoms with van der Waals surface area (Å²) in [5, 5.41) is 5.20. The van der Waals surface area contributed by atoms with Gasteiger partial charge in [-0.15, -0.1) is 0 Å². The summed E-state index contributed by atoms with van der Waals surface area (Å²) in [5.41, 5.74) is 1.58. The number of esters is 2. The summed E-state index contributed by atoms with van der Waals surface area (Å²) in [6.45, 7) is 8.02. The average molecular weight is 617 g/mol. The number of methoxy groups -OCH3 is 1. The van der Waals surface area contributed by atoms with Crippen LogP contribution in [-0.2, 0) is 51.3 Å². The van der Waals surface area contributed by atoms with Crippen molar-refractivity contribution in [2.45, 2.75) is 72.6 Å². The van der Waals surface area contributed by atoms with Crippen molar-refractivity contribution in [3.05, 3.63) is 94.1 Å². The van der Waals surface area contributed by atoms with Crippen molar-refractivity contribution in [2.24, 2.45) is 5.41 Å². The normalized spacial score (nSPS) is 14.9. The first-order valence-electron chi connectivity index (χ1n) is 14.6. The number of hydrogen-bond donors (Lipinski definition) is 2. The molecule has 10 nitrogen and oxygen atoms in total. The molecule has 1 aliphatic rings. The average Bonchev–Trinajstić information content (AvgIpc) is 3.01. The van der Waals surface area contributed by atoms with E-state index in [4.69, 9.17) is 9.47 Å². The zero-order chi connectivity index (χ0) is 33.3. The predicted molar refractivity (Wildman–Crippen MR) is 166 cm³/mol. The summed E-state index contributed by atoms with van der Waals surface area (Å²) in [6.07, 6.45) is -0.677. The van der Waals surface area contributed by atoms with Crippen LogP contribution in [0, 0.1) is 5.41 Å². The van der Waals surface area contributed by atoms with Gasteiger partial charge in [0.15, 0.2) is 11.6 Å². The predicted octanol–water partition coefficient (Wildman–Crippen LogP) is 3.73. The van der Waals surface area contributed by atoms with Crippen molar-refractivity contribution in [1.29, 1.82) is 0 Å². The summed E-state index contributed by atoms with van der Waals surface area (Å²) < 4.78 is 10.3. The zero-order valence-corrected chi connectivity index (χ0v) is 26.5. The Labute approximate surface area is 263 Å². The molecule has 0 fully saturated rings. The van der Waals surface area contributed by atoms with E-state index in [2.05, 4.69) is 10.6 Å². The van der Waals surface area contributed by atoms with E-state index < -0.39 is 47.7 Å². The molecule has 2 atom stereocenters. The van der Waals surface area contributed by atoms with E-state index in [1.54, 1.807) is 83.1 Å². The maximum Gasteiger partial charge on any atom is 0.328 e. The molecule has 0 aromatic heterocycles. The van der Waals surface area contributed by atoms with Crippen molar-refractivity contribution in [3.63, 3.8) is 0 Å². The highest BCUT2D eigenvalue weighted by atomic mass is 16.5. The van der Waals surface area contributed by atoms with Gasteiger partial charge in [-0.25, -0.2) is 4.79 Å². The minimum atomic E-state index is -1.41. The number of ether oxygens (including phenoxy) is 2. The number of benzene rings is 2. The van der Waals surface area contributed by atoms with Crippen LogP contribution in [0.4, 0.5) is 0 Å². The molecule has 2 N–H and O–H groups in total. The number of amides is 2. The molecule has 2 aromatic rings. The fourth-order valence-corrected chi connectivity index (χ4v) is 5.27. The highest BCUT2D eigenvalue weighted by molar-refractivity contribution is 6.25. The Morgan fingerprint density at radius 2 is 1.31 bits per heavy atom. The second kappa shape index (κ2) is 15.2. The van der Waals surface area contributed by atoms with Gasteiger partial charge in [-0.1, -0.05) is 74.5 Å². The first-order chi connectivity index (χ1) is 21.2. The smallest absolute Gasteiger partial charge is 0.328 e. The van der Waals surface area contributed by atoms with Crippen molar-refractivity contribution >= 4 is 35.3 Å². The molecule has 1 aliphatic carbocycles. The Bertz CT molecular complexity index is 1520. The van der Waals surface area contributed by atoms with Gasteiger partial charge >= 0.3 is 11.9 Å². The van der Waals surface area contributed by atoms with E-state index >= 15 is 0 Å². The SMILES string of the molecule is COC(=O)[C@H](Cc1ccccc1)NC(=O)[C@H](CC(=O)OCc1ccccc1)NC(=O)CC(C)(C)C1=C(C)C(=O)C(C)=C(C)C1=O. The number of allylic oxidation sites excluding steroid dienone is 4. The van der Waals surface area contributed by atoms with Gasteiger partial charge in [0.1, 0.15) is 18.7 Å². The lowest BCUT2D eigenvalue weighted by Gasteiger charge is -2.32. The number of ketones is 2. The molecule has 2 aromatic carbocycles. The lowest BCUT2D eigenvalue weighted by molar-refractivity contribution is -0.148. The van der Waals surface area contributed by atoms with E-state index in [0.29, 0.717) is 11.1 Å². The number of hydrogen-bond acceptors (Lipinski definition) is 8. The number of nitrogens with one attached hydrogen (secondary N) is 2. The molecular weight excluding hydrogens is 576 g/mol. The van der Waals surface area contributed by atoms with Crippen molar-refractivity contribution in [2.75, 3.05) is 7.11 Å². The first-order valence-corrected chi connectivity index (χ1v) is 14.6. The highest BCUT2D eigenvalue weighted by Crippen LogP contribution is 2.38. The highest BCUT2D eigenvalue weighted by Gasteiger charge is 2.39. The molecule has 3 rings (SSSR count). The molecule has 0 saturated carbocycles. The van der Waals surface area contributed by atoms with Crippen LogP contribution in [0.15, 0.2) is 83.0 Å². The number of carbonyl (C=O) groups excluding carboxylic acids is 6. The monoisotopic (exact) mass is 616 g/mol. The van der Waals surface area contributed by atoms with Gasteiger partial charge in [0.05, 0.1) is 13.5 Å². The second-order valence-corrected chi connectivity index (χ2v) is 11.7. The number of Topliss-reactive ketones (excluding diaryl/α,β-unsaturated/α-hetero) is 2. The van der Waals surface area contributed by atoms with E-state index in [0.717, 1.165) is 11.1 Å². The lowest BCUT2D eigenvalue weighted by atomic mass is 9.71. The van der Waals surface area contributed by atoms with Crippen LogP contribution < -0.4 is 10.6 Å². The molecule has 0 spiro atoms. The molecular formula is C35H40N2O8. The zero-order valence-electron chi connectivity index (χ0n) is 26.5. The summed E-state index contributed by atoms with van der Waals surface area (Å²) >= 11 is 0. The summed E-state index contributed by atoms with van der Waals surface area (Å²) in [5.74, 6) is -3.47. The van der Waals surface area contributed by atoms with Gasteiger partial charge in [0.25, 0.3) is 0 Å². The molecule has 45 heavy (non-hydrogen) atoms. The van der Waals surface area contributed by atoms with Crippen molar-refractivity contribution < 1.29 is 38.2 Å². The van der Waals surface area contributed by atoms with Gasteiger partial charge < -0.3 is 20.1 Å². The van der Waals surface area contributed by atoms with Crippen LogP contribution in [0.5, 0.6) is 0 Å². The molecule has 0 aliphatic heterocycles. The molecule has 0 bridgehead atoms.